The second-order valence-electron chi connectivity index (χ2n) is 6.05. The first-order valence-corrected chi connectivity index (χ1v) is 7.62. The molecule has 2 heterocycles. The van der Waals surface area contributed by atoms with Crippen LogP contribution in [0.15, 0.2) is 0 Å². The molecule has 2 fully saturated rings. The summed E-state index contributed by atoms with van der Waals surface area (Å²) in [4.78, 5) is 2.69. The third-order valence-corrected chi connectivity index (χ3v) is 5.47. The Morgan fingerprint density at radius 2 is 2.12 bits per heavy atom. The maximum atomic E-state index is 3.51. The molecular weight excluding hydrogens is 216 g/mol. The molecular formula is C13H26N2S. The lowest BCUT2D eigenvalue weighted by atomic mass is 9.97. The Labute approximate surface area is 105 Å². The van der Waals surface area contributed by atoms with Crippen molar-refractivity contribution < 1.29 is 0 Å². The fraction of sp³-hybridized carbons (Fsp3) is 1.00. The van der Waals surface area contributed by atoms with E-state index in [1.807, 2.05) is 0 Å². The van der Waals surface area contributed by atoms with Crippen molar-refractivity contribution in [2.24, 2.45) is 11.8 Å². The molecule has 0 bridgehead atoms. The maximum Gasteiger partial charge on any atom is 0.0116 e. The third-order valence-electron chi connectivity index (χ3n) is 4.10. The van der Waals surface area contributed by atoms with Crippen LogP contribution >= 0.6 is 11.8 Å². The van der Waals surface area contributed by atoms with Gasteiger partial charge in [0.05, 0.1) is 0 Å². The van der Waals surface area contributed by atoms with E-state index >= 15 is 0 Å². The van der Waals surface area contributed by atoms with Crippen LogP contribution in [0.3, 0.4) is 0 Å². The second kappa shape index (κ2) is 5.28. The van der Waals surface area contributed by atoms with Gasteiger partial charge in [-0.05, 0) is 37.9 Å². The Balaban J connectivity index is 1.81. The topological polar surface area (TPSA) is 15.3 Å². The van der Waals surface area contributed by atoms with Gasteiger partial charge < -0.3 is 10.2 Å². The normalized spacial score (nSPS) is 36.2. The van der Waals surface area contributed by atoms with Crippen LogP contribution in [0.5, 0.6) is 0 Å². The van der Waals surface area contributed by atoms with Gasteiger partial charge in [-0.3, -0.25) is 0 Å². The lowest BCUT2D eigenvalue weighted by Crippen LogP contribution is -2.34. The Bertz CT molecular complexity index is 230. The number of hydrogen-bond donors (Lipinski definition) is 1. The molecule has 0 aromatic carbocycles. The summed E-state index contributed by atoms with van der Waals surface area (Å²) in [5.74, 6) is 3.05. The van der Waals surface area contributed by atoms with Crippen molar-refractivity contribution in [3.05, 3.63) is 0 Å². The number of rotatable bonds is 2. The van der Waals surface area contributed by atoms with E-state index in [1.54, 1.807) is 0 Å². The SMILES string of the molecule is CC1CNCC1CN1CCSC(C)(C)CC1. The zero-order valence-corrected chi connectivity index (χ0v) is 11.8. The summed E-state index contributed by atoms with van der Waals surface area (Å²) >= 11 is 2.15. The predicted molar refractivity (Wildman–Crippen MR) is 73.1 cm³/mol. The van der Waals surface area contributed by atoms with Crippen molar-refractivity contribution in [1.29, 1.82) is 0 Å². The molecule has 0 aliphatic carbocycles. The van der Waals surface area contributed by atoms with Gasteiger partial charge in [-0.2, -0.15) is 11.8 Å². The molecule has 2 nitrogen and oxygen atoms in total. The van der Waals surface area contributed by atoms with Gasteiger partial charge >= 0.3 is 0 Å². The van der Waals surface area contributed by atoms with E-state index in [-0.39, 0.29) is 0 Å². The molecule has 0 spiro atoms. The minimum absolute atomic E-state index is 0.494. The largest absolute Gasteiger partial charge is 0.316 e. The second-order valence-corrected chi connectivity index (χ2v) is 7.86. The van der Waals surface area contributed by atoms with Crippen LogP contribution < -0.4 is 5.32 Å². The fourth-order valence-electron chi connectivity index (χ4n) is 2.69. The number of nitrogens with zero attached hydrogens (tertiary/aromatic N) is 1. The molecule has 2 rings (SSSR count). The highest BCUT2D eigenvalue weighted by Crippen LogP contribution is 2.31. The summed E-state index contributed by atoms with van der Waals surface area (Å²) in [6.45, 7) is 13.5. The number of hydrogen-bond acceptors (Lipinski definition) is 3. The molecule has 2 unspecified atom stereocenters. The lowest BCUT2D eigenvalue weighted by molar-refractivity contribution is 0.226. The lowest BCUT2D eigenvalue weighted by Gasteiger charge is -2.26. The summed E-state index contributed by atoms with van der Waals surface area (Å²) < 4.78 is 0.494. The van der Waals surface area contributed by atoms with Gasteiger partial charge in [0.2, 0.25) is 0 Å². The third kappa shape index (κ3) is 3.38. The minimum Gasteiger partial charge on any atom is -0.316 e. The Morgan fingerprint density at radius 3 is 2.81 bits per heavy atom. The molecule has 0 aromatic rings. The van der Waals surface area contributed by atoms with Crippen LogP contribution in [0.4, 0.5) is 0 Å². The molecule has 0 amide bonds. The van der Waals surface area contributed by atoms with Gasteiger partial charge in [0, 0.05) is 23.6 Å². The van der Waals surface area contributed by atoms with Crippen LogP contribution in [0.2, 0.25) is 0 Å². The van der Waals surface area contributed by atoms with E-state index in [4.69, 9.17) is 0 Å². The average Bonchev–Trinajstić information content (AvgIpc) is 2.52. The van der Waals surface area contributed by atoms with Gasteiger partial charge in [-0.25, -0.2) is 0 Å². The fourth-order valence-corrected chi connectivity index (χ4v) is 3.82. The Morgan fingerprint density at radius 1 is 1.31 bits per heavy atom. The molecule has 0 saturated carbocycles. The Kier molecular flexibility index (Phi) is 4.20. The van der Waals surface area contributed by atoms with Crippen molar-refractivity contribution in [3.63, 3.8) is 0 Å². The van der Waals surface area contributed by atoms with Crippen molar-refractivity contribution in [2.75, 3.05) is 38.5 Å². The highest BCUT2D eigenvalue weighted by Gasteiger charge is 2.28. The molecule has 0 radical (unpaired) electrons. The first-order valence-electron chi connectivity index (χ1n) is 6.64. The average molecular weight is 242 g/mol. The first kappa shape index (κ1) is 12.7. The van der Waals surface area contributed by atoms with E-state index in [1.165, 1.54) is 44.9 Å². The zero-order valence-electron chi connectivity index (χ0n) is 11.0. The van der Waals surface area contributed by atoms with Gasteiger partial charge in [-0.15, -0.1) is 0 Å². The zero-order chi connectivity index (χ0) is 11.6. The highest BCUT2D eigenvalue weighted by atomic mass is 32.2. The molecule has 0 aromatic heterocycles. The first-order chi connectivity index (χ1) is 7.57. The van der Waals surface area contributed by atoms with Crippen molar-refractivity contribution >= 4 is 11.8 Å². The van der Waals surface area contributed by atoms with Crippen LogP contribution in [0.25, 0.3) is 0 Å². The van der Waals surface area contributed by atoms with Crippen LogP contribution in [-0.4, -0.2) is 48.1 Å². The van der Waals surface area contributed by atoms with E-state index in [0.717, 1.165) is 11.8 Å². The Hall–Kier alpha value is 0.270. The van der Waals surface area contributed by atoms with E-state index in [9.17, 15) is 0 Å². The maximum absolute atomic E-state index is 3.51. The summed E-state index contributed by atoms with van der Waals surface area (Å²) in [6, 6.07) is 0. The number of thioether (sulfide) groups is 1. The standard InChI is InChI=1S/C13H26N2S/c1-11-8-14-9-12(11)10-15-5-4-13(2,3)16-7-6-15/h11-12,14H,4-10H2,1-3H3. The molecule has 16 heavy (non-hydrogen) atoms. The molecule has 94 valence electrons. The summed E-state index contributed by atoms with van der Waals surface area (Å²) in [5, 5.41) is 3.51. The molecule has 2 aliphatic heterocycles. The highest BCUT2D eigenvalue weighted by molar-refractivity contribution is 8.00. The van der Waals surface area contributed by atoms with E-state index < -0.39 is 0 Å². The molecule has 3 heteroatoms. The minimum atomic E-state index is 0.494. The predicted octanol–water partition coefficient (Wildman–Crippen LogP) is 2.06. The molecule has 2 saturated heterocycles. The van der Waals surface area contributed by atoms with Crippen molar-refractivity contribution in [2.45, 2.75) is 31.9 Å². The van der Waals surface area contributed by atoms with Gasteiger partial charge in [0.25, 0.3) is 0 Å². The van der Waals surface area contributed by atoms with E-state index in [2.05, 4.69) is 42.7 Å². The quantitative estimate of drug-likeness (QED) is 0.798. The van der Waals surface area contributed by atoms with Crippen LogP contribution in [-0.2, 0) is 0 Å². The summed E-state index contributed by atoms with van der Waals surface area (Å²) in [7, 11) is 0. The van der Waals surface area contributed by atoms with E-state index in [0.29, 0.717) is 4.75 Å². The van der Waals surface area contributed by atoms with Crippen molar-refractivity contribution in [3.8, 4) is 0 Å². The summed E-state index contributed by atoms with van der Waals surface area (Å²) in [5.41, 5.74) is 0. The van der Waals surface area contributed by atoms with Crippen molar-refractivity contribution in [1.82, 2.24) is 10.2 Å². The summed E-state index contributed by atoms with van der Waals surface area (Å²) in [6.07, 6.45) is 1.34. The molecule has 1 N–H and O–H groups in total. The molecule has 2 aliphatic rings. The molecule has 2 atom stereocenters. The number of nitrogens with one attached hydrogen (secondary N) is 1. The smallest absolute Gasteiger partial charge is 0.0116 e. The monoisotopic (exact) mass is 242 g/mol. The van der Waals surface area contributed by atoms with Gasteiger partial charge in [0.1, 0.15) is 0 Å². The van der Waals surface area contributed by atoms with Crippen LogP contribution in [0.1, 0.15) is 27.2 Å². The van der Waals surface area contributed by atoms with Gasteiger partial charge in [0.15, 0.2) is 0 Å². The van der Waals surface area contributed by atoms with Crippen LogP contribution in [0, 0.1) is 11.8 Å². The van der Waals surface area contributed by atoms with Gasteiger partial charge in [-0.1, -0.05) is 20.8 Å².